The molecule has 3 fully saturated rings. The quantitative estimate of drug-likeness (QED) is 0.551. The first kappa shape index (κ1) is 22.2. The molecule has 0 N–H and O–H groups in total. The number of fused-ring (bicyclic) bond motifs is 5. The van der Waals surface area contributed by atoms with Crippen molar-refractivity contribution in [3.8, 4) is 5.75 Å². The molecule has 1 aromatic carbocycles. The molecular formula is C28H37N3O3. The summed E-state index contributed by atoms with van der Waals surface area (Å²) in [7, 11) is 1.72. The lowest BCUT2D eigenvalue weighted by Gasteiger charge is -2.43. The predicted molar refractivity (Wildman–Crippen MR) is 136 cm³/mol. The molecule has 2 bridgehead atoms. The van der Waals surface area contributed by atoms with Gasteiger partial charge in [-0.1, -0.05) is 32.9 Å². The van der Waals surface area contributed by atoms with E-state index in [0.717, 1.165) is 66.9 Å². The van der Waals surface area contributed by atoms with Gasteiger partial charge in [0.05, 0.1) is 36.7 Å². The van der Waals surface area contributed by atoms with E-state index in [1.165, 1.54) is 19.3 Å². The first-order valence-corrected chi connectivity index (χ1v) is 12.9. The van der Waals surface area contributed by atoms with Gasteiger partial charge < -0.3 is 18.6 Å². The molecule has 0 spiro atoms. The third-order valence-corrected chi connectivity index (χ3v) is 9.36. The lowest BCUT2D eigenvalue weighted by molar-refractivity contribution is 0.0366. The van der Waals surface area contributed by atoms with Crippen LogP contribution in [-0.2, 0) is 11.3 Å². The van der Waals surface area contributed by atoms with E-state index in [9.17, 15) is 4.79 Å². The summed E-state index contributed by atoms with van der Waals surface area (Å²) in [5.41, 5.74) is 2.50. The van der Waals surface area contributed by atoms with Crippen LogP contribution in [0.2, 0.25) is 0 Å². The number of morpholine rings is 1. The summed E-state index contributed by atoms with van der Waals surface area (Å²) >= 11 is 0. The summed E-state index contributed by atoms with van der Waals surface area (Å²) in [5, 5.41) is 1.84. The second kappa shape index (κ2) is 7.85. The van der Waals surface area contributed by atoms with Crippen LogP contribution in [0.1, 0.15) is 46.1 Å². The summed E-state index contributed by atoms with van der Waals surface area (Å²) < 4.78 is 15.7. The maximum absolute atomic E-state index is 14.2. The molecule has 6 nitrogen and oxygen atoms in total. The number of pyridine rings is 1. The molecule has 1 saturated heterocycles. The molecule has 1 aliphatic heterocycles. The van der Waals surface area contributed by atoms with Crippen molar-refractivity contribution in [2.45, 2.75) is 52.6 Å². The Bertz CT molecular complexity index is 1290. The van der Waals surface area contributed by atoms with Crippen LogP contribution in [0.15, 0.2) is 35.3 Å². The second-order valence-electron chi connectivity index (χ2n) is 11.6. The van der Waals surface area contributed by atoms with Crippen molar-refractivity contribution >= 4 is 21.8 Å². The highest BCUT2D eigenvalue weighted by Gasteiger charge is 2.60. The monoisotopic (exact) mass is 463 g/mol. The van der Waals surface area contributed by atoms with Crippen LogP contribution in [-0.4, -0.2) is 54.0 Å². The van der Waals surface area contributed by atoms with Crippen molar-refractivity contribution in [2.75, 3.05) is 40.0 Å². The summed E-state index contributed by atoms with van der Waals surface area (Å²) in [6.07, 6.45) is 5.81. The number of nitrogens with zero attached hydrogens (tertiary/aromatic N) is 3. The lowest BCUT2D eigenvalue weighted by Crippen LogP contribution is -2.41. The fourth-order valence-corrected chi connectivity index (χ4v) is 7.78. The Morgan fingerprint density at radius 3 is 2.62 bits per heavy atom. The van der Waals surface area contributed by atoms with Gasteiger partial charge in [0.1, 0.15) is 5.75 Å². The summed E-state index contributed by atoms with van der Waals surface area (Å²) in [4.78, 5) is 16.7. The molecule has 3 aromatic rings. The van der Waals surface area contributed by atoms with Crippen molar-refractivity contribution in [3.05, 3.63) is 40.8 Å². The highest BCUT2D eigenvalue weighted by Crippen LogP contribution is 2.67. The van der Waals surface area contributed by atoms with Gasteiger partial charge >= 0.3 is 0 Å². The largest absolute Gasteiger partial charge is 0.495 e. The number of para-hydroxylation sites is 1. The third kappa shape index (κ3) is 3.11. The molecule has 2 saturated carbocycles. The van der Waals surface area contributed by atoms with Gasteiger partial charge in [0.15, 0.2) is 0 Å². The van der Waals surface area contributed by atoms with Gasteiger partial charge in [-0.15, -0.1) is 0 Å². The Hall–Kier alpha value is -2.31. The Kier molecular flexibility index (Phi) is 5.12. The molecule has 0 radical (unpaired) electrons. The van der Waals surface area contributed by atoms with E-state index < -0.39 is 0 Å². The Balaban J connectivity index is 1.52. The number of hydrogen-bond acceptors (Lipinski definition) is 4. The van der Waals surface area contributed by atoms with Crippen molar-refractivity contribution in [3.63, 3.8) is 0 Å². The number of ether oxygens (including phenoxy) is 2. The van der Waals surface area contributed by atoms with Gasteiger partial charge in [-0.2, -0.15) is 0 Å². The van der Waals surface area contributed by atoms with E-state index in [1.807, 2.05) is 12.1 Å². The van der Waals surface area contributed by atoms with E-state index in [4.69, 9.17) is 9.47 Å². The Morgan fingerprint density at radius 2 is 1.91 bits per heavy atom. The first-order valence-electron chi connectivity index (χ1n) is 12.9. The molecule has 3 heterocycles. The zero-order chi connectivity index (χ0) is 23.7. The number of aromatic nitrogens is 2. The van der Waals surface area contributed by atoms with Gasteiger partial charge in [-0.05, 0) is 48.1 Å². The standard InChI is InChI=1S/C28H37N3O3/c1-27(2)19-8-10-28(3,18-19)26(27)31-11-9-21-23(25(31)32)20-6-5-7-22(33-4)24(20)30(21)13-12-29-14-16-34-17-15-29/h5-7,9,11,19,26H,8,10,12-18H2,1-4H3/t19?,26-,28+/m0/s1. The first-order chi connectivity index (χ1) is 16.3. The minimum atomic E-state index is 0.122. The maximum Gasteiger partial charge on any atom is 0.260 e. The van der Waals surface area contributed by atoms with Crippen molar-refractivity contribution in [1.29, 1.82) is 0 Å². The van der Waals surface area contributed by atoms with Crippen molar-refractivity contribution in [1.82, 2.24) is 14.0 Å². The zero-order valence-electron chi connectivity index (χ0n) is 21.0. The van der Waals surface area contributed by atoms with Crippen LogP contribution in [0, 0.1) is 16.7 Å². The van der Waals surface area contributed by atoms with Crippen LogP contribution in [0.25, 0.3) is 21.8 Å². The lowest BCUT2D eigenvalue weighted by atomic mass is 9.68. The fourth-order valence-electron chi connectivity index (χ4n) is 7.78. The van der Waals surface area contributed by atoms with Crippen molar-refractivity contribution < 1.29 is 9.47 Å². The Labute approximate surface area is 201 Å². The zero-order valence-corrected chi connectivity index (χ0v) is 21.0. The summed E-state index contributed by atoms with van der Waals surface area (Å²) in [6.45, 7) is 12.4. The van der Waals surface area contributed by atoms with E-state index in [2.05, 4.69) is 53.1 Å². The minimum absolute atomic E-state index is 0.122. The van der Waals surface area contributed by atoms with Crippen molar-refractivity contribution in [2.24, 2.45) is 16.7 Å². The predicted octanol–water partition coefficient (Wildman–Crippen LogP) is 4.68. The molecular weight excluding hydrogens is 426 g/mol. The number of benzene rings is 1. The molecule has 2 aromatic heterocycles. The van der Waals surface area contributed by atoms with Crippen LogP contribution < -0.4 is 10.3 Å². The number of methoxy groups -OCH3 is 1. The third-order valence-electron chi connectivity index (χ3n) is 9.36. The molecule has 34 heavy (non-hydrogen) atoms. The van der Waals surface area contributed by atoms with Gasteiger partial charge in [-0.3, -0.25) is 9.69 Å². The molecule has 1 unspecified atom stereocenters. The smallest absolute Gasteiger partial charge is 0.260 e. The molecule has 2 aliphatic carbocycles. The van der Waals surface area contributed by atoms with Gasteiger partial charge in [0.2, 0.25) is 0 Å². The topological polar surface area (TPSA) is 48.6 Å². The SMILES string of the molecule is COc1cccc2c3c(=O)n([C@H]4C(C)(C)C5CC[C@]4(C)C5)ccc3n(CCN3CCOCC3)c12. The van der Waals surface area contributed by atoms with Crippen LogP contribution in [0.3, 0.4) is 0 Å². The molecule has 3 atom stereocenters. The summed E-state index contributed by atoms with van der Waals surface area (Å²) in [6, 6.07) is 8.51. The maximum atomic E-state index is 14.2. The Morgan fingerprint density at radius 1 is 1.12 bits per heavy atom. The fraction of sp³-hybridized carbons (Fsp3) is 0.607. The van der Waals surface area contributed by atoms with Gasteiger partial charge in [0, 0.05) is 43.8 Å². The normalized spacial score (nSPS) is 28.8. The van der Waals surface area contributed by atoms with E-state index in [1.54, 1.807) is 7.11 Å². The molecule has 182 valence electrons. The number of hydrogen-bond donors (Lipinski definition) is 0. The average Bonchev–Trinajstić information content (AvgIpc) is 3.44. The second-order valence-corrected chi connectivity index (χ2v) is 11.6. The van der Waals surface area contributed by atoms with E-state index in [0.29, 0.717) is 5.92 Å². The molecule has 0 amide bonds. The highest BCUT2D eigenvalue weighted by molar-refractivity contribution is 6.09. The van der Waals surface area contributed by atoms with E-state index in [-0.39, 0.29) is 22.4 Å². The van der Waals surface area contributed by atoms with Gasteiger partial charge in [-0.25, -0.2) is 0 Å². The molecule has 6 rings (SSSR count). The number of rotatable bonds is 5. The van der Waals surface area contributed by atoms with Gasteiger partial charge in [0.25, 0.3) is 5.56 Å². The summed E-state index contributed by atoms with van der Waals surface area (Å²) in [5.74, 6) is 1.52. The van der Waals surface area contributed by atoms with E-state index >= 15 is 0 Å². The minimum Gasteiger partial charge on any atom is -0.495 e. The molecule has 3 aliphatic rings. The molecule has 6 heteroatoms. The van der Waals surface area contributed by atoms with Crippen LogP contribution in [0.4, 0.5) is 0 Å². The average molecular weight is 464 g/mol. The van der Waals surface area contributed by atoms with Crippen LogP contribution in [0.5, 0.6) is 5.75 Å². The highest BCUT2D eigenvalue weighted by atomic mass is 16.5. The van der Waals surface area contributed by atoms with Crippen LogP contribution >= 0.6 is 0 Å².